The van der Waals surface area contributed by atoms with Gasteiger partial charge in [-0.1, -0.05) is 18.2 Å². The van der Waals surface area contributed by atoms with Crippen LogP contribution in [0.2, 0.25) is 0 Å². The van der Waals surface area contributed by atoms with Crippen molar-refractivity contribution in [3.05, 3.63) is 59.2 Å². The van der Waals surface area contributed by atoms with Crippen LogP contribution in [-0.4, -0.2) is 62.3 Å². The molecule has 1 fully saturated rings. The summed E-state index contributed by atoms with van der Waals surface area (Å²) in [6.07, 6.45) is 0. The molecule has 3 rings (SSSR count). The molecule has 8 heteroatoms. The van der Waals surface area contributed by atoms with Crippen LogP contribution in [0.1, 0.15) is 31.0 Å². The monoisotopic (exact) mass is 455 g/mol. The van der Waals surface area contributed by atoms with Gasteiger partial charge in [0.1, 0.15) is 11.5 Å². The maximum absolute atomic E-state index is 13.1. The number of amides is 1. The molecule has 1 unspecified atom stereocenters. The lowest BCUT2D eigenvalue weighted by Crippen LogP contribution is -2.32. The summed E-state index contributed by atoms with van der Waals surface area (Å²) in [5, 5.41) is 11.2. The number of hydrogen-bond donors (Lipinski definition) is 1. The zero-order valence-corrected chi connectivity index (χ0v) is 19.3. The molecule has 0 saturated carbocycles. The Morgan fingerprint density at radius 3 is 2.42 bits per heavy atom. The zero-order valence-electron chi connectivity index (χ0n) is 19.3. The molecule has 8 nitrogen and oxygen atoms in total. The van der Waals surface area contributed by atoms with Crippen LogP contribution in [0.3, 0.4) is 0 Å². The highest BCUT2D eigenvalue weighted by molar-refractivity contribution is 6.46. The van der Waals surface area contributed by atoms with Gasteiger partial charge in [-0.05, 0) is 43.7 Å². The van der Waals surface area contributed by atoms with Gasteiger partial charge in [-0.25, -0.2) is 0 Å². The standard InChI is InChI=1S/C25H29NO7/c1-5-32-18-9-7-8-17(14-18)23(27)21-22(26(12-13-30-3)25(29)24(21)28)16-10-11-19(33-6-2)20(15-16)31-4/h7-11,14-15,22,27H,5-6,12-13H2,1-4H3/b23-21-. The van der Waals surface area contributed by atoms with Gasteiger partial charge in [-0.15, -0.1) is 0 Å². The van der Waals surface area contributed by atoms with Crippen LogP contribution in [0.4, 0.5) is 0 Å². The number of ether oxygens (including phenoxy) is 4. The Kier molecular flexibility index (Phi) is 7.95. The molecule has 1 saturated heterocycles. The van der Waals surface area contributed by atoms with Crippen LogP contribution in [0.25, 0.3) is 5.76 Å². The van der Waals surface area contributed by atoms with E-state index in [-0.39, 0.29) is 24.5 Å². The summed E-state index contributed by atoms with van der Waals surface area (Å²) in [5.41, 5.74) is 0.984. The molecule has 0 aliphatic carbocycles. The number of rotatable bonds is 10. The number of likely N-dealkylation sites (tertiary alicyclic amines) is 1. The summed E-state index contributed by atoms with van der Waals surface area (Å²) in [6, 6.07) is 11.2. The van der Waals surface area contributed by atoms with Gasteiger partial charge in [-0.2, -0.15) is 0 Å². The van der Waals surface area contributed by atoms with Gasteiger partial charge in [0.25, 0.3) is 11.7 Å². The molecule has 2 aromatic rings. The van der Waals surface area contributed by atoms with Gasteiger partial charge in [0.15, 0.2) is 11.5 Å². The summed E-state index contributed by atoms with van der Waals surface area (Å²) >= 11 is 0. The lowest BCUT2D eigenvalue weighted by atomic mass is 9.95. The quantitative estimate of drug-likeness (QED) is 0.333. The Hall–Kier alpha value is -3.52. The highest BCUT2D eigenvalue weighted by Crippen LogP contribution is 2.42. The van der Waals surface area contributed by atoms with Crippen molar-refractivity contribution in [3.63, 3.8) is 0 Å². The molecule has 1 N–H and O–H groups in total. The van der Waals surface area contributed by atoms with Gasteiger partial charge in [-0.3, -0.25) is 9.59 Å². The van der Waals surface area contributed by atoms with Crippen LogP contribution < -0.4 is 14.2 Å². The van der Waals surface area contributed by atoms with Crippen molar-refractivity contribution in [2.75, 3.05) is 40.6 Å². The maximum Gasteiger partial charge on any atom is 0.295 e. The first-order valence-corrected chi connectivity index (χ1v) is 10.8. The third-order valence-corrected chi connectivity index (χ3v) is 5.30. The first-order valence-electron chi connectivity index (χ1n) is 10.8. The number of benzene rings is 2. The minimum Gasteiger partial charge on any atom is -0.507 e. The van der Waals surface area contributed by atoms with E-state index in [1.165, 1.54) is 19.1 Å². The summed E-state index contributed by atoms with van der Waals surface area (Å²) in [7, 11) is 3.04. The van der Waals surface area contributed by atoms with Crippen LogP contribution in [0, 0.1) is 0 Å². The largest absolute Gasteiger partial charge is 0.507 e. The SMILES string of the molecule is CCOc1cccc(/C(O)=C2/C(=O)C(=O)N(CCOC)C2c2ccc(OCC)c(OC)c2)c1. The summed E-state index contributed by atoms with van der Waals surface area (Å²) in [6.45, 7) is 5.04. The van der Waals surface area contributed by atoms with Gasteiger partial charge in [0.05, 0.1) is 38.5 Å². The van der Waals surface area contributed by atoms with Crippen molar-refractivity contribution in [1.82, 2.24) is 4.90 Å². The van der Waals surface area contributed by atoms with Gasteiger partial charge >= 0.3 is 0 Å². The second kappa shape index (κ2) is 10.9. The number of carbonyl (C=O) groups is 2. The number of methoxy groups -OCH3 is 2. The van der Waals surface area contributed by atoms with Crippen molar-refractivity contribution in [3.8, 4) is 17.2 Å². The van der Waals surface area contributed by atoms with Crippen LogP contribution in [0.15, 0.2) is 48.0 Å². The third kappa shape index (κ3) is 4.96. The normalized spacial score (nSPS) is 17.3. The molecule has 1 amide bonds. The van der Waals surface area contributed by atoms with Crippen LogP contribution >= 0.6 is 0 Å². The van der Waals surface area contributed by atoms with E-state index in [4.69, 9.17) is 18.9 Å². The molecule has 0 spiro atoms. The van der Waals surface area contributed by atoms with Crippen molar-refractivity contribution in [2.45, 2.75) is 19.9 Å². The number of ketones is 1. The predicted molar refractivity (Wildman–Crippen MR) is 123 cm³/mol. The minimum absolute atomic E-state index is 0.00374. The fraction of sp³-hybridized carbons (Fsp3) is 0.360. The van der Waals surface area contributed by atoms with Gasteiger partial charge in [0.2, 0.25) is 0 Å². The summed E-state index contributed by atoms with van der Waals surface area (Å²) < 4.78 is 21.7. The summed E-state index contributed by atoms with van der Waals surface area (Å²) in [5.74, 6) is -0.176. The Morgan fingerprint density at radius 2 is 1.76 bits per heavy atom. The molecule has 33 heavy (non-hydrogen) atoms. The zero-order chi connectivity index (χ0) is 24.0. The van der Waals surface area contributed by atoms with Gasteiger partial charge in [0, 0.05) is 19.2 Å². The van der Waals surface area contributed by atoms with Gasteiger partial charge < -0.3 is 29.0 Å². The fourth-order valence-electron chi connectivity index (χ4n) is 3.83. The second-order valence-corrected chi connectivity index (χ2v) is 7.29. The highest BCUT2D eigenvalue weighted by Gasteiger charge is 2.46. The lowest BCUT2D eigenvalue weighted by molar-refractivity contribution is -0.140. The van der Waals surface area contributed by atoms with Crippen molar-refractivity contribution in [1.29, 1.82) is 0 Å². The third-order valence-electron chi connectivity index (χ3n) is 5.30. The number of aliphatic hydroxyl groups is 1. The number of Topliss-reactive ketones (excluding diaryl/α,β-unsaturated/α-hetero) is 1. The predicted octanol–water partition coefficient (Wildman–Crippen LogP) is 3.56. The Balaban J connectivity index is 2.16. The second-order valence-electron chi connectivity index (χ2n) is 7.29. The molecule has 1 atom stereocenters. The highest BCUT2D eigenvalue weighted by atomic mass is 16.5. The minimum atomic E-state index is -0.819. The van der Waals surface area contributed by atoms with Crippen molar-refractivity contribution >= 4 is 17.4 Å². The molecule has 0 radical (unpaired) electrons. The first-order chi connectivity index (χ1) is 16.0. The molecular formula is C25H29NO7. The molecule has 2 aromatic carbocycles. The number of hydrogen-bond acceptors (Lipinski definition) is 7. The molecule has 1 heterocycles. The Bertz CT molecular complexity index is 1050. The first kappa shape index (κ1) is 24.1. The molecule has 0 aromatic heterocycles. The number of nitrogens with zero attached hydrogens (tertiary/aromatic N) is 1. The van der Waals surface area contributed by atoms with Crippen molar-refractivity contribution in [2.24, 2.45) is 0 Å². The average molecular weight is 456 g/mol. The van der Waals surface area contributed by atoms with E-state index in [0.717, 1.165) is 0 Å². The lowest BCUT2D eigenvalue weighted by Gasteiger charge is -2.25. The molecule has 1 aliphatic rings. The van der Waals surface area contributed by atoms with E-state index in [9.17, 15) is 14.7 Å². The smallest absolute Gasteiger partial charge is 0.295 e. The van der Waals surface area contributed by atoms with E-state index in [0.29, 0.717) is 41.6 Å². The molecular weight excluding hydrogens is 426 g/mol. The van der Waals surface area contributed by atoms with Crippen LogP contribution in [0.5, 0.6) is 17.2 Å². The van der Waals surface area contributed by atoms with E-state index >= 15 is 0 Å². The van der Waals surface area contributed by atoms with E-state index < -0.39 is 17.7 Å². The molecule has 0 bridgehead atoms. The Morgan fingerprint density at radius 1 is 1.00 bits per heavy atom. The fourth-order valence-corrected chi connectivity index (χ4v) is 3.83. The number of aliphatic hydroxyl groups excluding tert-OH is 1. The molecule has 1 aliphatic heterocycles. The average Bonchev–Trinajstić information content (AvgIpc) is 3.08. The van der Waals surface area contributed by atoms with E-state index in [1.807, 2.05) is 13.8 Å². The topological polar surface area (TPSA) is 94.5 Å². The summed E-state index contributed by atoms with van der Waals surface area (Å²) in [4.78, 5) is 27.4. The van der Waals surface area contributed by atoms with Crippen LogP contribution in [-0.2, 0) is 14.3 Å². The molecule has 176 valence electrons. The van der Waals surface area contributed by atoms with E-state index in [2.05, 4.69) is 0 Å². The maximum atomic E-state index is 13.1. The van der Waals surface area contributed by atoms with E-state index in [1.54, 1.807) is 42.5 Å². The Labute approximate surface area is 193 Å². The number of carbonyl (C=O) groups excluding carboxylic acids is 2. The van der Waals surface area contributed by atoms with Crippen molar-refractivity contribution < 1.29 is 33.6 Å².